The molecule has 1 aliphatic carbocycles. The Hall–Kier alpha value is 0.912. The molecule has 1 aliphatic rings. The number of carbonyl (C=O) groups excluding carboxylic acids is 2. The Labute approximate surface area is 299 Å². The smallest absolute Gasteiger partial charge is 0.542 e. The summed E-state index contributed by atoms with van der Waals surface area (Å²) in [5.74, 6) is -4.01. The molecule has 0 bridgehead atoms. The van der Waals surface area contributed by atoms with E-state index in [1.807, 2.05) is 0 Å². The first-order valence-electron chi connectivity index (χ1n) is 14.7. The third-order valence-electron chi connectivity index (χ3n) is 7.08. The van der Waals surface area contributed by atoms with E-state index >= 15 is 0 Å². The molecule has 0 aromatic carbocycles. The summed E-state index contributed by atoms with van der Waals surface area (Å²) < 4.78 is 67.5. The Morgan fingerprint density at radius 2 is 0.800 bits per heavy atom. The van der Waals surface area contributed by atoms with Gasteiger partial charge >= 0.3 is 32.8 Å². The largest absolute Gasteiger partial charge is 2.00 e. The zero-order valence-corrected chi connectivity index (χ0v) is 34.1. The summed E-state index contributed by atoms with van der Waals surface area (Å²) in [6, 6.07) is 0. The average Bonchev–Trinajstić information content (AvgIpc) is 2.71. The SMILES string of the molecule is CC(C)(C)[PH+](C[C@@H]1CCCC[C@H]1C[PH+](C(C)(C)C)C(C)(C)C)C(C)(C)C.O=C([O-])C(F)(F)F.O=C([O-])C(F)(F)F.[2H]C(Cl)(Cl)Cl.[Pd+2]. The molecule has 4 nitrogen and oxygen atoms in total. The first-order valence-corrected chi connectivity index (χ1v) is 18.7. The molecule has 16 heteroatoms. The molecule has 1 fully saturated rings. The van der Waals surface area contributed by atoms with Gasteiger partial charge < -0.3 is 19.8 Å². The summed E-state index contributed by atoms with van der Waals surface area (Å²) in [5, 5.41) is 19.6. The molecule has 1 rings (SSSR count). The molecule has 0 spiro atoms. The zero-order chi connectivity index (χ0) is 37.2. The number of rotatable bonds is 4. The molecule has 0 N–H and O–H groups in total. The van der Waals surface area contributed by atoms with Crippen molar-refractivity contribution in [3.05, 3.63) is 0 Å². The number of carboxylic acids is 2. The van der Waals surface area contributed by atoms with Gasteiger partial charge in [-0.1, -0.05) is 47.6 Å². The van der Waals surface area contributed by atoms with Crippen LogP contribution in [-0.4, -0.2) is 61.5 Å². The summed E-state index contributed by atoms with van der Waals surface area (Å²) in [6.07, 6.45) is -1.31. The van der Waals surface area contributed by atoms with Crippen molar-refractivity contribution in [3.63, 3.8) is 0 Å². The van der Waals surface area contributed by atoms with Gasteiger partial charge in [0.05, 0.1) is 34.3 Å². The third kappa shape index (κ3) is 26.5. The van der Waals surface area contributed by atoms with Crippen molar-refractivity contribution < 1.29 is 67.9 Å². The topological polar surface area (TPSA) is 80.3 Å². The van der Waals surface area contributed by atoms with Crippen molar-refractivity contribution >= 4 is 62.6 Å². The second-order valence-electron chi connectivity index (χ2n) is 15.0. The summed E-state index contributed by atoms with van der Waals surface area (Å²) in [5.41, 5.74) is 0. The van der Waals surface area contributed by atoms with Crippen LogP contribution in [0.5, 0.6) is 0 Å². The second kappa shape index (κ2) is 21.2. The zero-order valence-electron chi connectivity index (χ0n) is 29.2. The summed E-state index contributed by atoms with van der Waals surface area (Å²) in [7, 11) is -0.802. The van der Waals surface area contributed by atoms with Gasteiger partial charge in [0.25, 0.3) is 0 Å². The Bertz CT molecular complexity index is 797. The van der Waals surface area contributed by atoms with Crippen molar-refractivity contribution in [1.29, 1.82) is 0 Å². The van der Waals surface area contributed by atoms with E-state index in [4.69, 9.17) is 56.0 Å². The molecule has 2 atom stereocenters. The average molecular weight is 855 g/mol. The van der Waals surface area contributed by atoms with Crippen LogP contribution in [0.15, 0.2) is 0 Å². The molecule has 45 heavy (non-hydrogen) atoms. The number of carboxylic acid groups (broad SMARTS) is 2. The minimum Gasteiger partial charge on any atom is -0.542 e. The summed E-state index contributed by atoms with van der Waals surface area (Å²) in [6.45, 7) is 30.2. The van der Waals surface area contributed by atoms with Crippen LogP contribution in [0.2, 0.25) is 0 Å². The molecule has 1 saturated carbocycles. The molecule has 0 amide bonds. The monoisotopic (exact) mass is 853 g/mol. The first kappa shape index (κ1) is 50.3. The van der Waals surface area contributed by atoms with E-state index in [-0.39, 0.29) is 20.4 Å². The maximum atomic E-state index is 10.5. The minimum absolute atomic E-state index is 0. The fourth-order valence-corrected chi connectivity index (χ4v) is 14.9. The van der Waals surface area contributed by atoms with Gasteiger partial charge in [0.15, 0.2) is 4.27 Å². The number of halogens is 9. The van der Waals surface area contributed by atoms with Crippen molar-refractivity contribution in [1.82, 2.24) is 0 Å². The van der Waals surface area contributed by atoms with Crippen molar-refractivity contribution in [2.24, 2.45) is 11.8 Å². The molecule has 0 aromatic heterocycles. The number of hydrogen-bond donors (Lipinski definition) is 0. The summed E-state index contributed by atoms with van der Waals surface area (Å²) in [4.78, 5) is 17.6. The molecule has 274 valence electrons. The fourth-order valence-electron chi connectivity index (χ4n) is 5.82. The number of alkyl halides is 9. The quantitative estimate of drug-likeness (QED) is 0.123. The minimum atomic E-state index is -5.19. The van der Waals surface area contributed by atoms with Gasteiger partial charge in [-0.15, -0.1) is 0 Å². The summed E-state index contributed by atoms with van der Waals surface area (Å²) >= 11 is 14.2. The Morgan fingerprint density at radius 1 is 0.644 bits per heavy atom. The van der Waals surface area contributed by atoms with Gasteiger partial charge in [0, 0.05) is 15.8 Å². The van der Waals surface area contributed by atoms with Gasteiger partial charge in [-0.05, 0) is 108 Å². The van der Waals surface area contributed by atoms with Gasteiger partial charge in [-0.2, -0.15) is 26.3 Å². The van der Waals surface area contributed by atoms with Crippen LogP contribution in [0.25, 0.3) is 0 Å². The van der Waals surface area contributed by atoms with E-state index in [1.165, 1.54) is 25.7 Å². The fraction of sp³-hybridized carbons (Fsp3) is 0.931. The van der Waals surface area contributed by atoms with E-state index in [2.05, 4.69) is 83.1 Å². The van der Waals surface area contributed by atoms with Crippen LogP contribution < -0.4 is 10.2 Å². The molecule has 0 saturated heterocycles. The van der Waals surface area contributed by atoms with Gasteiger partial charge in [-0.3, -0.25) is 0 Å². The molecule has 0 unspecified atom stereocenters. The number of carbonyl (C=O) groups is 2. The molecule has 0 aromatic rings. The van der Waals surface area contributed by atoms with Crippen LogP contribution in [0.3, 0.4) is 0 Å². The normalized spacial score (nSPS) is 18.6. The van der Waals surface area contributed by atoms with Crippen molar-refractivity contribution in [2.45, 2.75) is 146 Å². The van der Waals surface area contributed by atoms with Crippen molar-refractivity contribution in [2.75, 3.05) is 12.3 Å². The Morgan fingerprint density at radius 3 is 0.911 bits per heavy atom. The van der Waals surface area contributed by atoms with E-state index in [9.17, 15) is 26.3 Å². The Balaban J connectivity index is -0.000000358. The number of hydrogen-bond acceptors (Lipinski definition) is 4. The third-order valence-corrected chi connectivity index (χ3v) is 16.2. The van der Waals surface area contributed by atoms with E-state index in [0.29, 0.717) is 20.6 Å². The molecule has 0 aliphatic heterocycles. The van der Waals surface area contributed by atoms with Gasteiger partial charge in [0.2, 0.25) is 0 Å². The van der Waals surface area contributed by atoms with Crippen LogP contribution in [0, 0.1) is 11.8 Å². The van der Waals surface area contributed by atoms with Crippen LogP contribution in [0.4, 0.5) is 26.3 Å². The Kier molecular flexibility index (Phi) is 23.7. The van der Waals surface area contributed by atoms with Gasteiger partial charge in [0.1, 0.15) is 11.9 Å². The molecular weight excluding hydrogens is 801 g/mol. The van der Waals surface area contributed by atoms with Crippen LogP contribution >= 0.6 is 50.6 Å². The predicted octanol–water partition coefficient (Wildman–Crippen LogP) is 9.00. The van der Waals surface area contributed by atoms with Crippen molar-refractivity contribution in [3.8, 4) is 0 Å². The standard InChI is InChI=1S/C24H50P2.2C2HF3O2.CHCl3.Pd/c1-21(2,3)25(22(4,5)6)17-19-15-13-14-16-20(19)18-26(23(7,8)9)24(10,11)12;2*3-2(4,5)1(6)7;2-1(3)4;/h19-20H,13-18H2,1-12H3;2*(H,6,7);1H;/q;;;;+2/t19-,20-;;;;/m0..../s1/i;;;1D;. The number of aliphatic carboxylic acids is 2. The van der Waals surface area contributed by atoms with E-state index in [1.54, 1.807) is 12.3 Å². The molecule has 0 radical (unpaired) electrons. The maximum Gasteiger partial charge on any atom is 2.00 e. The van der Waals surface area contributed by atoms with E-state index in [0.717, 1.165) is 11.8 Å². The maximum absolute atomic E-state index is 10.5. The van der Waals surface area contributed by atoms with E-state index < -0.39 is 44.4 Å². The molecular formula is C29H53Cl3F6O4P2Pd+2. The predicted molar refractivity (Wildman–Crippen MR) is 174 cm³/mol. The van der Waals surface area contributed by atoms with Gasteiger partial charge in [-0.25, -0.2) is 0 Å². The molecule has 0 heterocycles. The van der Waals surface area contributed by atoms with Crippen LogP contribution in [-0.2, 0) is 30.0 Å². The second-order valence-corrected chi connectivity index (χ2v) is 25.4. The first-order chi connectivity index (χ1) is 19.3. The van der Waals surface area contributed by atoms with Crippen LogP contribution in [0.1, 0.15) is 110 Å².